The van der Waals surface area contributed by atoms with Gasteiger partial charge in [-0.2, -0.15) is 8.78 Å². The van der Waals surface area contributed by atoms with E-state index >= 15 is 0 Å². The van der Waals surface area contributed by atoms with Crippen LogP contribution in [-0.2, 0) is 6.42 Å². The largest absolute Gasteiger partial charge is 0.384 e. The number of hydrogen-bond donors (Lipinski definition) is 0. The Labute approximate surface area is 96.0 Å². The predicted molar refractivity (Wildman–Crippen MR) is 56.0 cm³/mol. The average Bonchev–Trinajstić information content (AvgIpc) is 2.16. The zero-order chi connectivity index (χ0) is 11.6. The topological polar surface area (TPSA) is 17.1 Å². The maximum atomic E-state index is 12.5. The van der Waals surface area contributed by atoms with Crippen molar-refractivity contribution in [2.45, 2.75) is 18.7 Å². The molecule has 0 unspecified atom stereocenters. The van der Waals surface area contributed by atoms with Crippen LogP contribution in [0.1, 0.15) is 22.8 Å². The van der Waals surface area contributed by atoms with Gasteiger partial charge in [-0.15, -0.1) is 0 Å². The molecule has 82 valence electrons. The van der Waals surface area contributed by atoms with E-state index < -0.39 is 11.2 Å². The normalized spacial score (nSPS) is 11.5. The quantitative estimate of drug-likeness (QED) is 0.589. The molecule has 0 aromatic heterocycles. The number of halogens is 4. The van der Waals surface area contributed by atoms with Crippen molar-refractivity contribution in [2.24, 2.45) is 0 Å². The lowest BCUT2D eigenvalue weighted by atomic mass is 10.1. The Hall–Kier alpha value is -0.670. The van der Waals surface area contributed by atoms with Crippen molar-refractivity contribution in [3.05, 3.63) is 34.3 Å². The van der Waals surface area contributed by atoms with Gasteiger partial charge in [-0.1, -0.05) is 18.5 Å². The van der Waals surface area contributed by atoms with E-state index in [0.29, 0.717) is 17.0 Å². The van der Waals surface area contributed by atoms with Crippen molar-refractivity contribution in [3.8, 4) is 0 Å². The van der Waals surface area contributed by atoms with E-state index in [4.69, 9.17) is 11.6 Å². The molecule has 0 spiro atoms. The summed E-state index contributed by atoms with van der Waals surface area (Å²) in [5.41, 5.74) is 0.514. The number of ketones is 1. The minimum atomic E-state index is -3.86. The molecule has 0 aliphatic heterocycles. The molecular weight excluding hydrogens is 245 g/mol. The molecule has 0 fully saturated rings. The van der Waals surface area contributed by atoms with Gasteiger partial charge >= 0.3 is 5.38 Å². The van der Waals surface area contributed by atoms with Gasteiger partial charge in [0.1, 0.15) is 0 Å². The molecular formula is C10H8Cl2F2O. The molecule has 1 rings (SSSR count). The van der Waals surface area contributed by atoms with E-state index in [1.807, 2.05) is 6.92 Å². The second-order valence-electron chi connectivity index (χ2n) is 2.99. The van der Waals surface area contributed by atoms with E-state index in [0.717, 1.165) is 0 Å². The predicted octanol–water partition coefficient (Wildman–Crippen LogP) is 3.92. The highest BCUT2D eigenvalue weighted by molar-refractivity contribution is 6.35. The van der Waals surface area contributed by atoms with Gasteiger partial charge in [0.05, 0.1) is 0 Å². The Bertz CT molecular complexity index is 385. The molecule has 15 heavy (non-hydrogen) atoms. The first-order chi connectivity index (χ1) is 6.86. The molecule has 0 saturated heterocycles. The number of rotatable bonds is 3. The van der Waals surface area contributed by atoms with Crippen molar-refractivity contribution in [1.29, 1.82) is 0 Å². The number of Topliss-reactive ketones (excluding diaryl/α,β-unsaturated/α-hetero) is 1. The number of carbonyl (C=O) groups excluding carboxylic acids is 1. The second-order valence-corrected chi connectivity index (χ2v) is 3.87. The average molecular weight is 253 g/mol. The standard InChI is InChI=1S/C10H8Cl2F2O/c1-2-6-5-7(3-4-8(6)11)9(15)10(12,13)14/h3-5H,2H2,1H3. The van der Waals surface area contributed by atoms with Gasteiger partial charge in [0.15, 0.2) is 0 Å². The lowest BCUT2D eigenvalue weighted by molar-refractivity contribution is 0.0536. The minimum absolute atomic E-state index is 0.128. The number of alkyl halides is 3. The molecule has 0 amide bonds. The maximum absolute atomic E-state index is 12.5. The van der Waals surface area contributed by atoms with Crippen LogP contribution in [0.3, 0.4) is 0 Å². The van der Waals surface area contributed by atoms with Crippen LogP contribution in [0.4, 0.5) is 8.78 Å². The van der Waals surface area contributed by atoms with E-state index in [-0.39, 0.29) is 5.56 Å². The van der Waals surface area contributed by atoms with E-state index in [9.17, 15) is 13.6 Å². The van der Waals surface area contributed by atoms with Crippen LogP contribution in [-0.4, -0.2) is 11.2 Å². The Morgan fingerprint density at radius 2 is 2.07 bits per heavy atom. The lowest BCUT2D eigenvalue weighted by Gasteiger charge is -2.08. The van der Waals surface area contributed by atoms with Gasteiger partial charge in [-0.25, -0.2) is 0 Å². The summed E-state index contributed by atoms with van der Waals surface area (Å²) in [6, 6.07) is 3.98. The summed E-state index contributed by atoms with van der Waals surface area (Å²) in [5.74, 6) is -1.41. The van der Waals surface area contributed by atoms with Gasteiger partial charge in [-0.05, 0) is 41.8 Å². The van der Waals surface area contributed by atoms with Gasteiger partial charge in [0.25, 0.3) is 0 Å². The number of benzene rings is 1. The van der Waals surface area contributed by atoms with Gasteiger partial charge < -0.3 is 0 Å². The SMILES string of the molecule is CCc1cc(C(=O)C(F)(F)Cl)ccc1Cl. The van der Waals surface area contributed by atoms with E-state index in [1.54, 1.807) is 0 Å². The summed E-state index contributed by atoms with van der Waals surface area (Å²) in [7, 11) is 0. The molecule has 1 aromatic rings. The van der Waals surface area contributed by atoms with Crippen LogP contribution in [0.15, 0.2) is 18.2 Å². The monoisotopic (exact) mass is 252 g/mol. The first-order valence-corrected chi connectivity index (χ1v) is 5.01. The molecule has 0 saturated carbocycles. The zero-order valence-electron chi connectivity index (χ0n) is 7.86. The Morgan fingerprint density at radius 1 is 1.47 bits per heavy atom. The fourth-order valence-corrected chi connectivity index (χ4v) is 1.51. The summed E-state index contributed by atoms with van der Waals surface area (Å²) >= 11 is 10.4. The van der Waals surface area contributed by atoms with Gasteiger partial charge in [-0.3, -0.25) is 4.79 Å². The van der Waals surface area contributed by atoms with Crippen LogP contribution in [0.25, 0.3) is 0 Å². The van der Waals surface area contributed by atoms with Crippen molar-refractivity contribution in [3.63, 3.8) is 0 Å². The summed E-state index contributed by atoms with van der Waals surface area (Å²) in [6.45, 7) is 1.81. The highest BCUT2D eigenvalue weighted by atomic mass is 35.5. The molecule has 0 atom stereocenters. The van der Waals surface area contributed by atoms with Crippen molar-refractivity contribution in [2.75, 3.05) is 0 Å². The maximum Gasteiger partial charge on any atom is 0.384 e. The molecule has 0 aliphatic rings. The smallest absolute Gasteiger partial charge is 0.286 e. The van der Waals surface area contributed by atoms with Gasteiger partial charge in [0.2, 0.25) is 5.78 Å². The molecule has 0 radical (unpaired) electrons. The van der Waals surface area contributed by atoms with Crippen LogP contribution in [0, 0.1) is 0 Å². The third-order valence-corrected chi connectivity index (χ3v) is 2.49. The number of aryl methyl sites for hydroxylation is 1. The highest BCUT2D eigenvalue weighted by Gasteiger charge is 2.36. The first kappa shape index (κ1) is 12.4. The second kappa shape index (κ2) is 4.45. The molecule has 0 N–H and O–H groups in total. The Kier molecular flexibility index (Phi) is 3.68. The molecule has 1 nitrogen and oxygen atoms in total. The van der Waals surface area contributed by atoms with Crippen LogP contribution in [0.2, 0.25) is 5.02 Å². The summed E-state index contributed by atoms with van der Waals surface area (Å²) in [4.78, 5) is 11.1. The fourth-order valence-electron chi connectivity index (χ4n) is 1.15. The Morgan fingerprint density at radius 3 is 2.53 bits per heavy atom. The van der Waals surface area contributed by atoms with E-state index in [2.05, 4.69) is 11.6 Å². The van der Waals surface area contributed by atoms with Crippen molar-refractivity contribution >= 4 is 29.0 Å². The van der Waals surface area contributed by atoms with Crippen molar-refractivity contribution < 1.29 is 13.6 Å². The third-order valence-electron chi connectivity index (χ3n) is 1.95. The fraction of sp³-hybridized carbons (Fsp3) is 0.300. The Balaban J connectivity index is 3.12. The number of carbonyl (C=O) groups is 1. The minimum Gasteiger partial charge on any atom is -0.286 e. The summed E-state index contributed by atoms with van der Waals surface area (Å²) in [5, 5.41) is -3.41. The lowest BCUT2D eigenvalue weighted by Crippen LogP contribution is -2.21. The molecule has 0 aliphatic carbocycles. The molecule has 5 heteroatoms. The molecule has 0 bridgehead atoms. The third kappa shape index (κ3) is 2.89. The van der Waals surface area contributed by atoms with Crippen LogP contribution >= 0.6 is 23.2 Å². The molecule has 0 heterocycles. The van der Waals surface area contributed by atoms with E-state index in [1.165, 1.54) is 18.2 Å². The summed E-state index contributed by atoms with van der Waals surface area (Å²) in [6.07, 6.45) is 0.563. The zero-order valence-corrected chi connectivity index (χ0v) is 9.37. The number of hydrogen-bond acceptors (Lipinski definition) is 1. The van der Waals surface area contributed by atoms with Crippen LogP contribution in [0.5, 0.6) is 0 Å². The first-order valence-electron chi connectivity index (χ1n) is 4.26. The van der Waals surface area contributed by atoms with Crippen LogP contribution < -0.4 is 0 Å². The molecule has 1 aromatic carbocycles. The van der Waals surface area contributed by atoms with Crippen molar-refractivity contribution in [1.82, 2.24) is 0 Å². The van der Waals surface area contributed by atoms with Gasteiger partial charge in [0, 0.05) is 10.6 Å². The highest BCUT2D eigenvalue weighted by Crippen LogP contribution is 2.26. The summed E-state index contributed by atoms with van der Waals surface area (Å²) < 4.78 is 25.0.